The van der Waals surface area contributed by atoms with Crippen molar-refractivity contribution in [3.05, 3.63) is 48.0 Å². The third kappa shape index (κ3) is 15.0. The van der Waals surface area contributed by atoms with E-state index in [4.69, 9.17) is 9.47 Å². The first kappa shape index (κ1) is 46.7. The van der Waals surface area contributed by atoms with Crippen LogP contribution in [0.25, 0.3) is 0 Å². The summed E-state index contributed by atoms with van der Waals surface area (Å²) < 4.78 is 11.1. The van der Waals surface area contributed by atoms with E-state index >= 15 is 0 Å². The zero-order valence-corrected chi connectivity index (χ0v) is 35.0. The maximum Gasteiger partial charge on any atom is 0.408 e. The summed E-state index contributed by atoms with van der Waals surface area (Å²) in [6.45, 7) is 17.8. The van der Waals surface area contributed by atoms with E-state index in [0.29, 0.717) is 57.9 Å². The third-order valence-corrected chi connectivity index (χ3v) is 10.3. The van der Waals surface area contributed by atoms with Crippen LogP contribution in [0.1, 0.15) is 119 Å². The molecule has 14 heteroatoms. The summed E-state index contributed by atoms with van der Waals surface area (Å²) in [4.78, 5) is 52.9. The van der Waals surface area contributed by atoms with E-state index in [1.54, 1.807) is 25.7 Å². The Morgan fingerprint density at radius 2 is 1.61 bits per heavy atom. The number of carbonyl (C=O) groups excluding carboxylic acids is 3. The van der Waals surface area contributed by atoms with Gasteiger partial charge >= 0.3 is 18.2 Å². The van der Waals surface area contributed by atoms with E-state index in [2.05, 4.69) is 29.8 Å². The van der Waals surface area contributed by atoms with Crippen molar-refractivity contribution in [2.75, 3.05) is 13.1 Å². The van der Waals surface area contributed by atoms with E-state index in [1.165, 1.54) is 5.06 Å². The molecule has 6 N–H and O–H groups in total. The van der Waals surface area contributed by atoms with Gasteiger partial charge in [-0.1, -0.05) is 56.3 Å². The molecule has 0 aromatic heterocycles. The molecule has 0 aliphatic carbocycles. The summed E-state index contributed by atoms with van der Waals surface area (Å²) in [5, 5.41) is 42.1. The molecule has 56 heavy (non-hydrogen) atoms. The van der Waals surface area contributed by atoms with E-state index < -0.39 is 65.0 Å². The Hall–Kier alpha value is -3.72. The number of carboxylic acid groups (broad SMARTS) is 1. The summed E-state index contributed by atoms with van der Waals surface area (Å²) >= 11 is 0. The molecule has 3 amide bonds. The highest BCUT2D eigenvalue weighted by Gasteiger charge is 2.46. The summed E-state index contributed by atoms with van der Waals surface area (Å²) in [6, 6.07) is 7.51. The lowest BCUT2D eigenvalue weighted by atomic mass is 9.80. The summed E-state index contributed by atoms with van der Waals surface area (Å²) in [6.07, 6.45) is 5.53. The number of unbranched alkanes of at least 4 members (excludes halogenated alkanes) is 1. The van der Waals surface area contributed by atoms with Gasteiger partial charge in [-0.15, -0.1) is 0 Å². The molecule has 2 aliphatic heterocycles. The van der Waals surface area contributed by atoms with E-state index in [9.17, 15) is 34.6 Å². The van der Waals surface area contributed by atoms with E-state index in [0.717, 1.165) is 5.56 Å². The quantitative estimate of drug-likeness (QED) is 0.0756. The molecule has 2 aliphatic rings. The van der Waals surface area contributed by atoms with Gasteiger partial charge in [0.25, 0.3) is 0 Å². The first-order chi connectivity index (χ1) is 26.1. The van der Waals surface area contributed by atoms with Crippen LogP contribution in [0.2, 0.25) is 0 Å². The van der Waals surface area contributed by atoms with Crippen molar-refractivity contribution < 1.29 is 44.1 Å². The lowest BCUT2D eigenvalue weighted by Gasteiger charge is -2.50. The highest BCUT2D eigenvalue weighted by atomic mass is 16.6. The van der Waals surface area contributed by atoms with Crippen LogP contribution in [-0.2, 0) is 25.5 Å². The molecule has 2 saturated heterocycles. The molecule has 0 bridgehead atoms. The minimum atomic E-state index is -1.16. The van der Waals surface area contributed by atoms with Crippen LogP contribution >= 0.6 is 0 Å². The Labute approximate surface area is 333 Å². The maximum absolute atomic E-state index is 13.7. The SMILES string of the molecule is CC(C)C[C@@H](/C=C/[C@H](Cc1ccccc1)C(O)N1CCC[C@H]1C(=O)N[C@H](CCCCNC(=O)OC1CC(C)(C)N(O)C(C)(C)C1)C(=O)O)NC(=O)OC(C)(C)C. The van der Waals surface area contributed by atoms with Crippen LogP contribution < -0.4 is 16.0 Å². The lowest BCUT2D eigenvalue weighted by molar-refractivity contribution is -0.256. The molecule has 0 radical (unpaired) electrons. The molecule has 316 valence electrons. The molecule has 1 unspecified atom stereocenters. The predicted octanol–water partition coefficient (Wildman–Crippen LogP) is 6.00. The number of carbonyl (C=O) groups is 4. The summed E-state index contributed by atoms with van der Waals surface area (Å²) in [5.41, 5.74) is -0.779. The normalized spacial score (nSPS) is 21.2. The van der Waals surface area contributed by atoms with Crippen molar-refractivity contribution in [2.24, 2.45) is 11.8 Å². The molecular weight excluding hydrogens is 718 g/mol. The number of likely N-dealkylation sites (tertiary alicyclic amines) is 1. The average Bonchev–Trinajstić information content (AvgIpc) is 3.57. The second-order valence-corrected chi connectivity index (χ2v) is 18.1. The van der Waals surface area contributed by atoms with Crippen LogP contribution in [0.5, 0.6) is 0 Å². The molecule has 5 atom stereocenters. The van der Waals surface area contributed by atoms with Gasteiger partial charge in [-0.3, -0.25) is 9.69 Å². The molecule has 2 fully saturated rings. The number of nitrogens with zero attached hydrogens (tertiary/aromatic N) is 2. The molecule has 0 saturated carbocycles. The summed E-state index contributed by atoms with van der Waals surface area (Å²) in [7, 11) is 0. The lowest BCUT2D eigenvalue weighted by Crippen LogP contribution is -2.60. The largest absolute Gasteiger partial charge is 0.480 e. The van der Waals surface area contributed by atoms with Gasteiger partial charge in [-0.2, -0.15) is 5.06 Å². The second kappa shape index (κ2) is 20.6. The fourth-order valence-electron chi connectivity index (χ4n) is 7.87. The number of carboxylic acids is 1. The number of aliphatic carboxylic acids is 1. The van der Waals surface area contributed by atoms with Crippen LogP contribution in [0.4, 0.5) is 9.59 Å². The van der Waals surface area contributed by atoms with Gasteiger partial charge in [0.05, 0.1) is 12.1 Å². The minimum Gasteiger partial charge on any atom is -0.480 e. The summed E-state index contributed by atoms with van der Waals surface area (Å²) in [5.74, 6) is -1.80. The minimum absolute atomic E-state index is 0.158. The molecular formula is C42H69N5O9. The van der Waals surface area contributed by atoms with Crippen molar-refractivity contribution in [2.45, 2.75) is 167 Å². The number of rotatable bonds is 18. The van der Waals surface area contributed by atoms with Crippen molar-refractivity contribution in [3.63, 3.8) is 0 Å². The highest BCUT2D eigenvalue weighted by Crippen LogP contribution is 2.38. The molecule has 1 aromatic carbocycles. The van der Waals surface area contributed by atoms with Gasteiger partial charge in [0.1, 0.15) is 24.0 Å². The Balaban J connectivity index is 1.61. The molecule has 0 spiro atoms. The number of hydrogen-bond acceptors (Lipinski definition) is 10. The monoisotopic (exact) mass is 788 g/mol. The van der Waals surface area contributed by atoms with Gasteiger partial charge in [0.15, 0.2) is 0 Å². The number of benzene rings is 1. The Morgan fingerprint density at radius 1 is 0.964 bits per heavy atom. The van der Waals surface area contributed by atoms with Gasteiger partial charge in [-0.05, 0) is 105 Å². The molecule has 1 aromatic rings. The first-order valence-electron chi connectivity index (χ1n) is 20.2. The van der Waals surface area contributed by atoms with Crippen LogP contribution in [-0.4, -0.2) is 110 Å². The number of piperidine rings is 1. The zero-order valence-electron chi connectivity index (χ0n) is 35.0. The number of alkyl carbamates (subject to hydrolysis) is 2. The fraction of sp³-hybridized carbons (Fsp3) is 0.714. The third-order valence-electron chi connectivity index (χ3n) is 10.3. The molecule has 14 nitrogen and oxygen atoms in total. The number of hydroxylamine groups is 2. The highest BCUT2D eigenvalue weighted by molar-refractivity contribution is 5.87. The van der Waals surface area contributed by atoms with Gasteiger partial charge in [-0.25, -0.2) is 14.4 Å². The van der Waals surface area contributed by atoms with Gasteiger partial charge in [0, 0.05) is 42.9 Å². The smallest absolute Gasteiger partial charge is 0.408 e. The second-order valence-electron chi connectivity index (χ2n) is 18.1. The number of ether oxygens (including phenoxy) is 2. The first-order valence-corrected chi connectivity index (χ1v) is 20.2. The Morgan fingerprint density at radius 3 is 2.20 bits per heavy atom. The predicted molar refractivity (Wildman–Crippen MR) is 214 cm³/mol. The van der Waals surface area contributed by atoms with Crippen molar-refractivity contribution >= 4 is 24.1 Å². The van der Waals surface area contributed by atoms with Crippen LogP contribution in [0, 0.1) is 11.8 Å². The Kier molecular flexibility index (Phi) is 17.2. The van der Waals surface area contributed by atoms with Crippen LogP contribution in [0.15, 0.2) is 42.5 Å². The van der Waals surface area contributed by atoms with E-state index in [-0.39, 0.29) is 31.0 Å². The number of hydrogen-bond donors (Lipinski definition) is 6. The van der Waals surface area contributed by atoms with Crippen molar-refractivity contribution in [3.8, 4) is 0 Å². The fourth-order valence-corrected chi connectivity index (χ4v) is 7.87. The standard InChI is InChI=1S/C42H69N5O9/c1-28(2)24-31(44-39(53)56-40(3,4)5)21-20-30(25-29-16-11-10-12-17-29)36(49)46-23-15-19-34(46)35(48)45-33(37(50)51)18-13-14-22-43-38(52)55-32-26-41(6,7)47(54)42(8,9)27-32/h10-12,16-17,20-21,28,30-34,36,49,54H,13-15,18-19,22-27H2,1-9H3,(H,43,52)(H,44,53)(H,45,48)(H,50,51)/b21-20+/t30-,31-,33-,34+,36?/m1/s1. The maximum atomic E-state index is 13.7. The number of aliphatic hydroxyl groups excluding tert-OH is 1. The van der Waals surface area contributed by atoms with Crippen molar-refractivity contribution in [1.29, 1.82) is 0 Å². The topological polar surface area (TPSA) is 190 Å². The van der Waals surface area contributed by atoms with E-state index in [1.807, 2.05) is 70.2 Å². The van der Waals surface area contributed by atoms with Crippen molar-refractivity contribution in [1.82, 2.24) is 25.9 Å². The number of aliphatic hydroxyl groups is 1. The average molecular weight is 788 g/mol. The number of nitrogens with one attached hydrogen (secondary N) is 3. The number of amides is 3. The molecule has 2 heterocycles. The Bertz CT molecular complexity index is 1440. The van der Waals surface area contributed by atoms with Gasteiger partial charge in [0.2, 0.25) is 5.91 Å². The zero-order chi connectivity index (χ0) is 41.8. The van der Waals surface area contributed by atoms with Crippen LogP contribution in [0.3, 0.4) is 0 Å². The van der Waals surface area contributed by atoms with Gasteiger partial charge < -0.3 is 40.8 Å². The molecule has 3 rings (SSSR count).